The third-order valence-electron chi connectivity index (χ3n) is 7.05. The van der Waals surface area contributed by atoms with Crippen molar-refractivity contribution in [3.63, 3.8) is 0 Å². The molecule has 0 aliphatic heterocycles. The van der Waals surface area contributed by atoms with Crippen molar-refractivity contribution in [1.82, 2.24) is 20.5 Å². The lowest BCUT2D eigenvalue weighted by atomic mass is 9.93. The first-order valence-corrected chi connectivity index (χ1v) is 12.6. The Labute approximate surface area is 212 Å². The summed E-state index contributed by atoms with van der Waals surface area (Å²) in [5.41, 5.74) is 0.959. The van der Waals surface area contributed by atoms with Crippen LogP contribution in [-0.2, 0) is 4.79 Å². The van der Waals surface area contributed by atoms with E-state index in [4.69, 9.17) is 0 Å². The number of nitrogens with one attached hydrogen (secondary N) is 3. The lowest BCUT2D eigenvalue weighted by Crippen LogP contribution is -2.48. The molecular formula is C27H38N4O5. The summed E-state index contributed by atoms with van der Waals surface area (Å²) in [7, 11) is 1.79. The molecule has 1 saturated carbocycles. The van der Waals surface area contributed by atoms with E-state index in [2.05, 4.69) is 15.6 Å². The summed E-state index contributed by atoms with van der Waals surface area (Å²) in [6.07, 6.45) is 5.28. The summed E-state index contributed by atoms with van der Waals surface area (Å²) in [4.78, 5) is 43.5. The number of urea groups is 1. The van der Waals surface area contributed by atoms with Gasteiger partial charge in [0.1, 0.15) is 0 Å². The van der Waals surface area contributed by atoms with Crippen molar-refractivity contribution in [2.45, 2.75) is 77.4 Å². The zero-order chi connectivity index (χ0) is 26.4. The van der Waals surface area contributed by atoms with Crippen molar-refractivity contribution in [3.05, 3.63) is 47.0 Å². The van der Waals surface area contributed by atoms with Crippen molar-refractivity contribution in [2.75, 3.05) is 7.05 Å². The summed E-state index contributed by atoms with van der Waals surface area (Å²) in [5, 5.41) is 25.7. The third-order valence-corrected chi connectivity index (χ3v) is 7.05. The molecule has 1 fully saturated rings. The van der Waals surface area contributed by atoms with E-state index in [0.717, 1.165) is 31.2 Å². The second-order valence-corrected chi connectivity index (χ2v) is 10.00. The Bertz CT molecular complexity index is 1060. The highest BCUT2D eigenvalue weighted by Gasteiger charge is 2.32. The molecule has 1 aromatic carbocycles. The van der Waals surface area contributed by atoms with Crippen molar-refractivity contribution < 1.29 is 24.6 Å². The number of aromatic nitrogens is 1. The van der Waals surface area contributed by atoms with Gasteiger partial charge in [0.25, 0.3) is 0 Å². The van der Waals surface area contributed by atoms with Crippen LogP contribution in [0.5, 0.6) is 11.8 Å². The topological polar surface area (TPSA) is 135 Å². The second-order valence-electron chi connectivity index (χ2n) is 10.00. The van der Waals surface area contributed by atoms with Crippen LogP contribution in [-0.4, -0.2) is 56.9 Å². The minimum Gasteiger partial charge on any atom is -0.494 e. The molecular weight excluding hydrogens is 460 g/mol. The van der Waals surface area contributed by atoms with E-state index in [9.17, 15) is 24.6 Å². The molecule has 2 atom stereocenters. The van der Waals surface area contributed by atoms with E-state index >= 15 is 0 Å². The van der Waals surface area contributed by atoms with Crippen LogP contribution in [0, 0.1) is 12.8 Å². The lowest BCUT2D eigenvalue weighted by Gasteiger charge is -2.33. The Morgan fingerprint density at radius 1 is 1.03 bits per heavy atom. The van der Waals surface area contributed by atoms with Gasteiger partial charge in [0, 0.05) is 18.7 Å². The van der Waals surface area contributed by atoms with Gasteiger partial charge in [-0.05, 0) is 31.2 Å². The summed E-state index contributed by atoms with van der Waals surface area (Å²) >= 11 is 0. The monoisotopic (exact) mass is 498 g/mol. The lowest BCUT2D eigenvalue weighted by molar-refractivity contribution is -0.122. The van der Waals surface area contributed by atoms with Crippen molar-refractivity contribution in [3.8, 4) is 11.8 Å². The van der Waals surface area contributed by atoms with E-state index in [1.807, 2.05) is 30.3 Å². The van der Waals surface area contributed by atoms with Gasteiger partial charge in [0.05, 0.1) is 24.1 Å². The number of hydrogen-bond acceptors (Lipinski definition) is 5. The highest BCUT2D eigenvalue weighted by atomic mass is 16.3. The van der Waals surface area contributed by atoms with Crippen LogP contribution in [0.3, 0.4) is 0 Å². The van der Waals surface area contributed by atoms with E-state index in [1.165, 1.54) is 13.3 Å². The molecule has 0 spiro atoms. The fourth-order valence-corrected chi connectivity index (χ4v) is 4.80. The van der Waals surface area contributed by atoms with Crippen molar-refractivity contribution in [2.24, 2.45) is 5.92 Å². The average molecular weight is 499 g/mol. The molecule has 9 nitrogen and oxygen atoms in total. The smallest absolute Gasteiger partial charge is 0.317 e. The predicted molar refractivity (Wildman–Crippen MR) is 137 cm³/mol. The molecule has 196 valence electrons. The molecule has 1 aliphatic carbocycles. The fourth-order valence-electron chi connectivity index (χ4n) is 4.80. The van der Waals surface area contributed by atoms with Crippen molar-refractivity contribution in [1.29, 1.82) is 0 Å². The number of aromatic hydroxyl groups is 2. The number of Topliss-reactive ketones (excluding diaryl/α,β-unsaturated/α-hetero) is 1. The summed E-state index contributed by atoms with van der Waals surface area (Å²) in [5.74, 6) is -1.91. The molecule has 0 radical (unpaired) electrons. The molecule has 5 N–H and O–H groups in total. The first kappa shape index (κ1) is 27.1. The molecule has 0 saturated heterocycles. The molecule has 1 heterocycles. The number of benzene rings is 1. The van der Waals surface area contributed by atoms with Gasteiger partial charge in [-0.15, -0.1) is 0 Å². The Kier molecular flexibility index (Phi) is 9.01. The molecule has 36 heavy (non-hydrogen) atoms. The first-order chi connectivity index (χ1) is 17.1. The number of rotatable bonds is 9. The van der Waals surface area contributed by atoms with Crippen LogP contribution in [0.1, 0.15) is 79.9 Å². The molecule has 0 bridgehead atoms. The number of ketones is 1. The highest BCUT2D eigenvalue weighted by molar-refractivity contribution is 6.05. The van der Waals surface area contributed by atoms with Crippen LogP contribution in [0.25, 0.3) is 0 Å². The molecule has 2 aromatic rings. The van der Waals surface area contributed by atoms with E-state index in [0.29, 0.717) is 0 Å². The molecule has 1 unspecified atom stereocenters. The number of aromatic amines is 1. The van der Waals surface area contributed by atoms with Crippen LogP contribution in [0.2, 0.25) is 0 Å². The van der Waals surface area contributed by atoms with Crippen LogP contribution >= 0.6 is 0 Å². The summed E-state index contributed by atoms with van der Waals surface area (Å²) < 4.78 is 0. The maximum atomic E-state index is 13.2. The van der Waals surface area contributed by atoms with Crippen LogP contribution < -0.4 is 10.6 Å². The molecule has 3 rings (SSSR count). The quantitative estimate of drug-likeness (QED) is 0.331. The maximum Gasteiger partial charge on any atom is 0.317 e. The zero-order valence-electron chi connectivity index (χ0n) is 21.5. The minimum absolute atomic E-state index is 0.0477. The van der Waals surface area contributed by atoms with Gasteiger partial charge >= 0.3 is 6.03 Å². The van der Waals surface area contributed by atoms with E-state index < -0.39 is 29.7 Å². The largest absolute Gasteiger partial charge is 0.494 e. The average Bonchev–Trinajstić information content (AvgIpc) is 3.12. The molecule has 3 amide bonds. The number of H-pyrrole nitrogens is 1. The van der Waals surface area contributed by atoms with Gasteiger partial charge in [-0.1, -0.05) is 63.4 Å². The van der Waals surface area contributed by atoms with E-state index in [1.54, 1.807) is 25.8 Å². The van der Waals surface area contributed by atoms with Gasteiger partial charge in [0.15, 0.2) is 11.7 Å². The molecule has 1 aromatic heterocycles. The minimum atomic E-state index is -0.922. The molecule has 1 aliphatic rings. The Hall–Kier alpha value is -3.49. The maximum absolute atomic E-state index is 13.2. The SMILES string of the molecule is Cc1c(O)[nH]c(O)c1C(=O)[C@@H](NC(=O)CC(NC(=O)N(C)C1CCCCC1)c1ccccc1)C(C)C. The Morgan fingerprint density at radius 2 is 1.67 bits per heavy atom. The molecule has 9 heteroatoms. The van der Waals surface area contributed by atoms with Gasteiger partial charge in [-0.2, -0.15) is 0 Å². The van der Waals surface area contributed by atoms with Gasteiger partial charge in [-0.3, -0.25) is 14.6 Å². The summed E-state index contributed by atoms with van der Waals surface area (Å²) in [6.45, 7) is 5.09. The normalized spacial score (nSPS) is 15.8. The third kappa shape index (κ3) is 6.38. The number of carbonyl (C=O) groups excluding carboxylic acids is 3. The highest BCUT2D eigenvalue weighted by Crippen LogP contribution is 2.30. The number of carbonyl (C=O) groups is 3. The standard InChI is InChI=1S/C27H38N4O5/c1-16(2)23(24(33)22-17(3)25(34)30-26(22)35)29-21(32)15-20(18-11-7-5-8-12-18)28-27(36)31(4)19-13-9-6-10-14-19/h5,7-8,11-12,16,19-20,23,30,34-35H,6,9-10,13-15H2,1-4H3,(H,28,36)(H,29,32)/t20?,23-/m0/s1. The first-order valence-electron chi connectivity index (χ1n) is 12.6. The van der Waals surface area contributed by atoms with Crippen LogP contribution in [0.15, 0.2) is 30.3 Å². The number of hydrogen-bond donors (Lipinski definition) is 5. The fraction of sp³-hybridized carbons (Fsp3) is 0.519. The summed E-state index contributed by atoms with van der Waals surface area (Å²) in [6, 6.07) is 7.72. The Morgan fingerprint density at radius 3 is 2.22 bits per heavy atom. The van der Waals surface area contributed by atoms with Gasteiger partial charge in [0.2, 0.25) is 11.8 Å². The van der Waals surface area contributed by atoms with Gasteiger partial charge in [-0.25, -0.2) is 4.79 Å². The predicted octanol–water partition coefficient (Wildman–Crippen LogP) is 4.16. The van der Waals surface area contributed by atoms with Crippen molar-refractivity contribution >= 4 is 17.7 Å². The number of amides is 3. The Balaban J connectivity index is 1.75. The second kappa shape index (κ2) is 12.0. The van der Waals surface area contributed by atoms with E-state index in [-0.39, 0.29) is 41.4 Å². The van der Waals surface area contributed by atoms with Gasteiger partial charge < -0.3 is 25.7 Å². The van der Waals surface area contributed by atoms with Crippen LogP contribution in [0.4, 0.5) is 4.79 Å². The zero-order valence-corrected chi connectivity index (χ0v) is 21.5. The number of nitrogens with zero attached hydrogens (tertiary/aromatic N) is 1.